The molecular weight excluding hydrogens is 275 g/mol. The lowest BCUT2D eigenvalue weighted by Gasteiger charge is -2.19. The van der Waals surface area contributed by atoms with Gasteiger partial charge in [0, 0.05) is 15.1 Å². The molecule has 0 saturated carbocycles. The highest BCUT2D eigenvalue weighted by molar-refractivity contribution is 9.10. The van der Waals surface area contributed by atoms with Crippen molar-refractivity contribution in [1.82, 2.24) is 0 Å². The van der Waals surface area contributed by atoms with E-state index in [9.17, 15) is 5.11 Å². The van der Waals surface area contributed by atoms with Crippen LogP contribution in [0.1, 0.15) is 38.4 Å². The molecule has 1 N–H and O–H groups in total. The van der Waals surface area contributed by atoms with Gasteiger partial charge in [-0.2, -0.15) is 0 Å². The fraction of sp³-hybridized carbons (Fsp3) is 0.500. The molecule has 0 heterocycles. The summed E-state index contributed by atoms with van der Waals surface area (Å²) >= 11 is 9.44. The summed E-state index contributed by atoms with van der Waals surface area (Å²) in [6, 6.07) is 5.57. The summed E-state index contributed by atoms with van der Waals surface area (Å²) in [4.78, 5) is 0. The van der Waals surface area contributed by atoms with Gasteiger partial charge in [0.2, 0.25) is 0 Å². The normalized spacial score (nSPS) is 15.0. The molecule has 1 aromatic rings. The number of hydrogen-bond acceptors (Lipinski definition) is 1. The Kier molecular flexibility index (Phi) is 5.10. The van der Waals surface area contributed by atoms with Crippen molar-refractivity contribution in [3.05, 3.63) is 33.3 Å². The van der Waals surface area contributed by atoms with Gasteiger partial charge in [-0.05, 0) is 30.5 Å². The molecular formula is C12H16BrClO. The van der Waals surface area contributed by atoms with Gasteiger partial charge in [0.1, 0.15) is 0 Å². The molecule has 15 heavy (non-hydrogen) atoms. The van der Waals surface area contributed by atoms with E-state index in [1.54, 1.807) is 0 Å². The SMILES string of the molecule is CCCC(C)C(O)c1cc(Br)ccc1Cl. The lowest BCUT2D eigenvalue weighted by molar-refractivity contribution is 0.112. The van der Waals surface area contributed by atoms with Gasteiger partial charge in [-0.25, -0.2) is 0 Å². The number of aliphatic hydroxyl groups is 1. The summed E-state index contributed by atoms with van der Waals surface area (Å²) in [6.07, 6.45) is 1.60. The van der Waals surface area contributed by atoms with E-state index in [2.05, 4.69) is 22.9 Å². The van der Waals surface area contributed by atoms with Gasteiger partial charge in [-0.1, -0.05) is 47.8 Å². The molecule has 0 saturated heterocycles. The number of rotatable bonds is 4. The first-order valence-electron chi connectivity index (χ1n) is 5.19. The predicted molar refractivity (Wildman–Crippen MR) is 68.2 cm³/mol. The standard InChI is InChI=1S/C12H16BrClO/c1-3-4-8(2)12(15)10-7-9(13)5-6-11(10)14/h5-8,12,15H,3-4H2,1-2H3. The van der Waals surface area contributed by atoms with Crippen molar-refractivity contribution in [3.63, 3.8) is 0 Å². The summed E-state index contributed by atoms with van der Waals surface area (Å²) < 4.78 is 0.949. The minimum atomic E-state index is -0.477. The highest BCUT2D eigenvalue weighted by Gasteiger charge is 2.18. The minimum Gasteiger partial charge on any atom is -0.388 e. The van der Waals surface area contributed by atoms with Crippen molar-refractivity contribution in [1.29, 1.82) is 0 Å². The molecule has 0 amide bonds. The van der Waals surface area contributed by atoms with Gasteiger partial charge in [0.25, 0.3) is 0 Å². The van der Waals surface area contributed by atoms with Crippen molar-refractivity contribution in [2.24, 2.45) is 5.92 Å². The highest BCUT2D eigenvalue weighted by atomic mass is 79.9. The van der Waals surface area contributed by atoms with E-state index in [1.165, 1.54) is 0 Å². The Hall–Kier alpha value is -0.0500. The van der Waals surface area contributed by atoms with Crippen LogP contribution in [0.15, 0.2) is 22.7 Å². The molecule has 2 atom stereocenters. The van der Waals surface area contributed by atoms with Crippen molar-refractivity contribution >= 4 is 27.5 Å². The molecule has 1 rings (SSSR count). The van der Waals surface area contributed by atoms with E-state index in [0.717, 1.165) is 22.9 Å². The first kappa shape index (κ1) is 13.0. The third-order valence-electron chi connectivity index (χ3n) is 2.56. The van der Waals surface area contributed by atoms with Crippen LogP contribution < -0.4 is 0 Å². The maximum absolute atomic E-state index is 10.1. The summed E-state index contributed by atoms with van der Waals surface area (Å²) in [7, 11) is 0. The zero-order valence-electron chi connectivity index (χ0n) is 9.00. The lowest BCUT2D eigenvalue weighted by Crippen LogP contribution is -2.09. The Labute approximate surface area is 105 Å². The number of benzene rings is 1. The number of halogens is 2. The van der Waals surface area contributed by atoms with E-state index in [4.69, 9.17) is 11.6 Å². The predicted octanol–water partition coefficient (Wildman–Crippen LogP) is 4.57. The smallest absolute Gasteiger partial charge is 0.0830 e. The molecule has 3 heteroatoms. The van der Waals surface area contributed by atoms with Gasteiger partial charge >= 0.3 is 0 Å². The molecule has 1 nitrogen and oxygen atoms in total. The van der Waals surface area contributed by atoms with Crippen LogP contribution >= 0.6 is 27.5 Å². The summed E-state index contributed by atoms with van der Waals surface area (Å²) in [5.41, 5.74) is 0.812. The monoisotopic (exact) mass is 290 g/mol. The van der Waals surface area contributed by atoms with E-state index >= 15 is 0 Å². The highest BCUT2D eigenvalue weighted by Crippen LogP contribution is 2.32. The van der Waals surface area contributed by atoms with Crippen LogP contribution in [0.2, 0.25) is 5.02 Å². The quantitative estimate of drug-likeness (QED) is 0.861. The second-order valence-corrected chi connectivity index (χ2v) is 5.20. The van der Waals surface area contributed by atoms with Crippen LogP contribution in [-0.2, 0) is 0 Å². The third kappa shape index (κ3) is 3.47. The summed E-state index contributed by atoms with van der Waals surface area (Å²) in [5.74, 6) is 0.238. The zero-order chi connectivity index (χ0) is 11.4. The first-order valence-corrected chi connectivity index (χ1v) is 6.36. The Morgan fingerprint density at radius 2 is 2.13 bits per heavy atom. The second-order valence-electron chi connectivity index (χ2n) is 3.88. The molecule has 0 aliphatic carbocycles. The van der Waals surface area contributed by atoms with Gasteiger partial charge in [0.15, 0.2) is 0 Å². The van der Waals surface area contributed by atoms with E-state index < -0.39 is 6.10 Å². The number of hydrogen-bond donors (Lipinski definition) is 1. The van der Waals surface area contributed by atoms with Crippen molar-refractivity contribution in [2.45, 2.75) is 32.8 Å². The van der Waals surface area contributed by atoms with Crippen LogP contribution in [0.5, 0.6) is 0 Å². The minimum absolute atomic E-state index is 0.238. The van der Waals surface area contributed by atoms with Crippen LogP contribution in [-0.4, -0.2) is 5.11 Å². The molecule has 1 aromatic carbocycles. The van der Waals surface area contributed by atoms with E-state index in [0.29, 0.717) is 5.02 Å². The van der Waals surface area contributed by atoms with Crippen molar-refractivity contribution in [2.75, 3.05) is 0 Å². The average Bonchev–Trinajstić information content (AvgIpc) is 2.21. The van der Waals surface area contributed by atoms with Crippen LogP contribution in [0.4, 0.5) is 0 Å². The molecule has 0 bridgehead atoms. The fourth-order valence-corrected chi connectivity index (χ4v) is 2.27. The summed E-state index contributed by atoms with van der Waals surface area (Å²) in [6.45, 7) is 4.16. The van der Waals surface area contributed by atoms with Crippen LogP contribution in [0, 0.1) is 5.92 Å². The Morgan fingerprint density at radius 1 is 1.47 bits per heavy atom. The fourth-order valence-electron chi connectivity index (χ4n) is 1.66. The molecule has 0 radical (unpaired) electrons. The molecule has 0 fully saturated rings. The maximum Gasteiger partial charge on any atom is 0.0830 e. The topological polar surface area (TPSA) is 20.2 Å². The molecule has 0 aliphatic heterocycles. The third-order valence-corrected chi connectivity index (χ3v) is 3.40. The number of aliphatic hydroxyl groups excluding tert-OH is 1. The van der Waals surface area contributed by atoms with Crippen LogP contribution in [0.25, 0.3) is 0 Å². The van der Waals surface area contributed by atoms with Gasteiger partial charge in [0.05, 0.1) is 6.10 Å². The Morgan fingerprint density at radius 3 is 2.73 bits per heavy atom. The summed E-state index contributed by atoms with van der Waals surface area (Å²) in [5, 5.41) is 10.8. The average molecular weight is 292 g/mol. The maximum atomic E-state index is 10.1. The Bertz CT molecular complexity index is 327. The molecule has 84 valence electrons. The van der Waals surface area contributed by atoms with E-state index in [1.807, 2.05) is 25.1 Å². The lowest BCUT2D eigenvalue weighted by atomic mass is 9.94. The molecule has 0 aromatic heterocycles. The second kappa shape index (κ2) is 5.88. The molecule has 0 spiro atoms. The largest absolute Gasteiger partial charge is 0.388 e. The van der Waals surface area contributed by atoms with E-state index in [-0.39, 0.29) is 5.92 Å². The van der Waals surface area contributed by atoms with Gasteiger partial charge < -0.3 is 5.11 Å². The zero-order valence-corrected chi connectivity index (χ0v) is 11.3. The van der Waals surface area contributed by atoms with Crippen LogP contribution in [0.3, 0.4) is 0 Å². The van der Waals surface area contributed by atoms with Crippen molar-refractivity contribution in [3.8, 4) is 0 Å². The molecule has 0 aliphatic rings. The van der Waals surface area contributed by atoms with Gasteiger partial charge in [-0.3, -0.25) is 0 Å². The first-order chi connectivity index (χ1) is 7.06. The Balaban J connectivity index is 2.89. The van der Waals surface area contributed by atoms with Gasteiger partial charge in [-0.15, -0.1) is 0 Å². The van der Waals surface area contributed by atoms with Crippen molar-refractivity contribution < 1.29 is 5.11 Å². The molecule has 2 unspecified atom stereocenters.